The second kappa shape index (κ2) is 5.46. The molecule has 0 aromatic heterocycles. The van der Waals surface area contributed by atoms with E-state index in [2.05, 4.69) is 24.8 Å². The van der Waals surface area contributed by atoms with Crippen LogP contribution in [0.15, 0.2) is 61.2 Å². The molecule has 18 heavy (non-hydrogen) atoms. The summed E-state index contributed by atoms with van der Waals surface area (Å²) < 4.78 is 0. The zero-order chi connectivity index (χ0) is 13.0. The minimum Gasteiger partial charge on any atom is -0.295 e. The molecule has 0 aliphatic carbocycles. The first kappa shape index (κ1) is 12.3. The summed E-state index contributed by atoms with van der Waals surface area (Å²) >= 11 is 0. The quantitative estimate of drug-likeness (QED) is 0.572. The molecule has 0 saturated heterocycles. The molecule has 90 valence electrons. The number of carbonyl (C=O) groups excluding carboxylic acids is 1. The van der Waals surface area contributed by atoms with Crippen LogP contribution < -0.4 is 0 Å². The Balaban J connectivity index is 2.49. The molecular weight excluding hydrogens is 220 g/mol. The van der Waals surface area contributed by atoms with Gasteiger partial charge in [0.05, 0.1) is 0 Å². The highest BCUT2D eigenvalue weighted by molar-refractivity contribution is 5.96. The van der Waals surface area contributed by atoms with Gasteiger partial charge < -0.3 is 0 Å². The molecule has 1 nitrogen and oxygen atoms in total. The van der Waals surface area contributed by atoms with Crippen molar-refractivity contribution in [2.75, 3.05) is 0 Å². The fraction of sp³-hybridized carbons (Fsp3) is 0.118. The van der Waals surface area contributed by atoms with Crippen LogP contribution in [0.4, 0.5) is 0 Å². The minimum atomic E-state index is 0.103. The highest BCUT2D eigenvalue weighted by Gasteiger charge is 2.07. The smallest absolute Gasteiger partial charge is 0.160 e. The number of rotatable bonds is 4. The maximum absolute atomic E-state index is 11.6. The van der Waals surface area contributed by atoms with Crippen LogP contribution in [0.5, 0.6) is 0 Å². The number of carbonyl (C=O) groups is 1. The molecule has 0 unspecified atom stereocenters. The van der Waals surface area contributed by atoms with E-state index in [1.165, 1.54) is 0 Å². The summed E-state index contributed by atoms with van der Waals surface area (Å²) in [5.41, 5.74) is 4.13. The third kappa shape index (κ3) is 2.57. The van der Waals surface area contributed by atoms with Gasteiger partial charge in [0.2, 0.25) is 0 Å². The van der Waals surface area contributed by atoms with E-state index in [0.29, 0.717) is 0 Å². The second-order valence-electron chi connectivity index (χ2n) is 4.29. The van der Waals surface area contributed by atoms with E-state index in [1.807, 2.05) is 36.4 Å². The summed E-state index contributed by atoms with van der Waals surface area (Å²) in [5.74, 6) is 0.103. The molecule has 0 spiro atoms. The third-order valence-electron chi connectivity index (χ3n) is 2.96. The van der Waals surface area contributed by atoms with Gasteiger partial charge in [-0.1, -0.05) is 54.6 Å². The van der Waals surface area contributed by atoms with E-state index in [9.17, 15) is 4.79 Å². The van der Waals surface area contributed by atoms with Gasteiger partial charge in [0.25, 0.3) is 0 Å². The Hall–Kier alpha value is -2.15. The van der Waals surface area contributed by atoms with Gasteiger partial charge in [-0.15, -0.1) is 6.58 Å². The third-order valence-corrected chi connectivity index (χ3v) is 2.96. The van der Waals surface area contributed by atoms with Crippen LogP contribution in [-0.2, 0) is 6.42 Å². The predicted molar refractivity (Wildman–Crippen MR) is 75.8 cm³/mol. The highest BCUT2D eigenvalue weighted by atomic mass is 16.1. The zero-order valence-corrected chi connectivity index (χ0v) is 10.5. The standard InChI is InChI=1S/C17H16O/c1-3-7-16-12-15(10-11-17(16)13(2)18)14-8-5-4-6-9-14/h3-6,8-12H,1,7H2,2H3. The van der Waals surface area contributed by atoms with Gasteiger partial charge >= 0.3 is 0 Å². The van der Waals surface area contributed by atoms with E-state index in [4.69, 9.17) is 0 Å². The van der Waals surface area contributed by atoms with Gasteiger partial charge in [0.15, 0.2) is 5.78 Å². The molecule has 0 saturated carbocycles. The summed E-state index contributed by atoms with van der Waals surface area (Å²) in [6.45, 7) is 5.35. The Kier molecular flexibility index (Phi) is 3.73. The molecule has 2 aromatic rings. The molecule has 2 rings (SSSR count). The van der Waals surface area contributed by atoms with Gasteiger partial charge in [-0.3, -0.25) is 4.79 Å². The number of Topliss-reactive ketones (excluding diaryl/α,β-unsaturated/α-hetero) is 1. The van der Waals surface area contributed by atoms with Crippen molar-refractivity contribution in [1.29, 1.82) is 0 Å². The Bertz CT molecular complexity index is 567. The van der Waals surface area contributed by atoms with Crippen molar-refractivity contribution < 1.29 is 4.79 Å². The van der Waals surface area contributed by atoms with Gasteiger partial charge in [-0.25, -0.2) is 0 Å². The van der Waals surface area contributed by atoms with Crippen LogP contribution in [-0.4, -0.2) is 5.78 Å². The number of allylic oxidation sites excluding steroid dienone is 1. The number of hydrogen-bond acceptors (Lipinski definition) is 1. The highest BCUT2D eigenvalue weighted by Crippen LogP contribution is 2.23. The van der Waals surface area contributed by atoms with Crippen molar-refractivity contribution in [2.24, 2.45) is 0 Å². The normalized spacial score (nSPS) is 10.1. The molecule has 0 atom stereocenters. The lowest BCUT2D eigenvalue weighted by molar-refractivity contribution is 0.101. The fourth-order valence-electron chi connectivity index (χ4n) is 2.07. The monoisotopic (exact) mass is 236 g/mol. The first-order valence-corrected chi connectivity index (χ1v) is 6.02. The van der Waals surface area contributed by atoms with Gasteiger partial charge in [-0.05, 0) is 30.0 Å². The van der Waals surface area contributed by atoms with E-state index >= 15 is 0 Å². The molecule has 0 fully saturated rings. The summed E-state index contributed by atoms with van der Waals surface area (Å²) in [5, 5.41) is 0. The van der Waals surface area contributed by atoms with Crippen LogP contribution >= 0.6 is 0 Å². The summed E-state index contributed by atoms with van der Waals surface area (Å²) in [7, 11) is 0. The van der Waals surface area contributed by atoms with Crippen LogP contribution in [0.25, 0.3) is 11.1 Å². The van der Waals surface area contributed by atoms with Gasteiger partial charge in [0, 0.05) is 5.56 Å². The van der Waals surface area contributed by atoms with Crippen LogP contribution in [0.1, 0.15) is 22.8 Å². The first-order chi connectivity index (χ1) is 8.72. The molecule has 0 radical (unpaired) electrons. The largest absolute Gasteiger partial charge is 0.295 e. The molecular formula is C17H16O. The molecule has 0 aliphatic heterocycles. The van der Waals surface area contributed by atoms with Gasteiger partial charge in [0.1, 0.15) is 0 Å². The Morgan fingerprint density at radius 2 is 1.83 bits per heavy atom. The van der Waals surface area contributed by atoms with Gasteiger partial charge in [-0.2, -0.15) is 0 Å². The van der Waals surface area contributed by atoms with Crippen molar-refractivity contribution >= 4 is 5.78 Å². The number of hydrogen-bond donors (Lipinski definition) is 0. The number of ketones is 1. The zero-order valence-electron chi connectivity index (χ0n) is 10.5. The van der Waals surface area contributed by atoms with Crippen LogP contribution in [0.3, 0.4) is 0 Å². The molecule has 0 N–H and O–H groups in total. The lowest BCUT2D eigenvalue weighted by Gasteiger charge is -2.08. The molecule has 0 heterocycles. The van der Waals surface area contributed by atoms with E-state index in [1.54, 1.807) is 6.92 Å². The lowest BCUT2D eigenvalue weighted by atomic mass is 9.96. The van der Waals surface area contributed by atoms with E-state index < -0.39 is 0 Å². The van der Waals surface area contributed by atoms with Crippen LogP contribution in [0, 0.1) is 0 Å². The average Bonchev–Trinajstić information content (AvgIpc) is 2.40. The molecule has 0 amide bonds. The summed E-state index contributed by atoms with van der Waals surface area (Å²) in [4.78, 5) is 11.6. The maximum atomic E-state index is 11.6. The molecule has 1 heteroatoms. The Labute approximate surface area is 108 Å². The SMILES string of the molecule is C=CCc1cc(-c2ccccc2)ccc1C(C)=O. The van der Waals surface area contributed by atoms with Crippen molar-refractivity contribution in [3.8, 4) is 11.1 Å². The van der Waals surface area contributed by atoms with Crippen molar-refractivity contribution in [3.63, 3.8) is 0 Å². The maximum Gasteiger partial charge on any atom is 0.160 e. The summed E-state index contributed by atoms with van der Waals surface area (Å²) in [6.07, 6.45) is 2.55. The Morgan fingerprint density at radius 3 is 2.44 bits per heavy atom. The van der Waals surface area contributed by atoms with E-state index in [0.717, 1.165) is 28.7 Å². The van der Waals surface area contributed by atoms with Crippen LogP contribution in [0.2, 0.25) is 0 Å². The fourth-order valence-corrected chi connectivity index (χ4v) is 2.07. The average molecular weight is 236 g/mol. The van der Waals surface area contributed by atoms with Crippen molar-refractivity contribution in [2.45, 2.75) is 13.3 Å². The molecule has 0 aliphatic rings. The lowest BCUT2D eigenvalue weighted by Crippen LogP contribution is -1.99. The topological polar surface area (TPSA) is 17.1 Å². The predicted octanol–water partition coefficient (Wildman–Crippen LogP) is 4.28. The second-order valence-corrected chi connectivity index (χ2v) is 4.29. The first-order valence-electron chi connectivity index (χ1n) is 6.02. The molecule has 0 bridgehead atoms. The number of benzene rings is 2. The van der Waals surface area contributed by atoms with E-state index in [-0.39, 0.29) is 5.78 Å². The minimum absolute atomic E-state index is 0.103. The Morgan fingerprint density at radius 1 is 1.11 bits per heavy atom. The van der Waals surface area contributed by atoms with Crippen molar-refractivity contribution in [3.05, 3.63) is 72.3 Å². The van der Waals surface area contributed by atoms with Crippen molar-refractivity contribution in [1.82, 2.24) is 0 Å². The molecule has 2 aromatic carbocycles. The summed E-state index contributed by atoms with van der Waals surface area (Å²) in [6, 6.07) is 16.2.